The lowest BCUT2D eigenvalue weighted by Gasteiger charge is -2.24. The maximum absolute atomic E-state index is 14.1. The van der Waals surface area contributed by atoms with Gasteiger partial charge in [0.1, 0.15) is 17.4 Å². The van der Waals surface area contributed by atoms with Crippen LogP contribution in [0.25, 0.3) is 21.3 Å². The van der Waals surface area contributed by atoms with E-state index in [2.05, 4.69) is 4.98 Å². The highest BCUT2D eigenvalue weighted by atomic mass is 32.1. The van der Waals surface area contributed by atoms with Gasteiger partial charge in [-0.05, 0) is 42.0 Å². The second-order valence-corrected chi connectivity index (χ2v) is 12.2. The minimum atomic E-state index is -1.58. The first-order chi connectivity index (χ1) is 24.4. The summed E-state index contributed by atoms with van der Waals surface area (Å²) in [5.41, 5.74) is 0.850. The predicted molar refractivity (Wildman–Crippen MR) is 184 cm³/mol. The molecule has 6 aromatic rings. The van der Waals surface area contributed by atoms with Gasteiger partial charge in [-0.25, -0.2) is 23.7 Å². The van der Waals surface area contributed by atoms with Gasteiger partial charge in [-0.3, -0.25) is 4.79 Å². The molecule has 11 nitrogen and oxygen atoms in total. The highest BCUT2D eigenvalue weighted by Gasteiger charge is 2.52. The maximum atomic E-state index is 14.1. The van der Waals surface area contributed by atoms with Crippen LogP contribution in [-0.2, 0) is 18.9 Å². The van der Waals surface area contributed by atoms with Crippen LogP contribution in [0.4, 0.5) is 0 Å². The molecule has 0 spiro atoms. The maximum Gasteiger partial charge on any atom is 0.338 e. The summed E-state index contributed by atoms with van der Waals surface area (Å²) in [6, 6.07) is 33.6. The number of H-pyrrole nitrogens is 1. The number of ether oxygens (including phenoxy) is 4. The van der Waals surface area contributed by atoms with Crippen LogP contribution >= 0.6 is 11.3 Å². The van der Waals surface area contributed by atoms with Crippen LogP contribution in [0.15, 0.2) is 136 Å². The van der Waals surface area contributed by atoms with Gasteiger partial charge in [-0.2, -0.15) is 0 Å². The van der Waals surface area contributed by atoms with E-state index in [4.69, 9.17) is 18.9 Å². The van der Waals surface area contributed by atoms with Crippen LogP contribution in [0.3, 0.4) is 0 Å². The molecule has 2 aromatic heterocycles. The molecule has 0 aliphatic carbocycles. The highest BCUT2D eigenvalue weighted by Crippen LogP contribution is 2.36. The van der Waals surface area contributed by atoms with E-state index >= 15 is 0 Å². The van der Waals surface area contributed by atoms with Gasteiger partial charge in [0, 0.05) is 10.9 Å². The minimum absolute atomic E-state index is 0.167. The molecule has 0 amide bonds. The normalized spacial score (nSPS) is 18.4. The summed E-state index contributed by atoms with van der Waals surface area (Å²) < 4.78 is 24.7. The Bertz CT molecular complexity index is 2270. The number of aromatic nitrogens is 2. The number of fused-ring (bicyclic) bond motifs is 1. The summed E-state index contributed by atoms with van der Waals surface area (Å²) in [5.74, 6) is -2.30. The lowest BCUT2D eigenvalue weighted by Crippen LogP contribution is -2.45. The van der Waals surface area contributed by atoms with E-state index in [1.165, 1.54) is 24.3 Å². The molecule has 0 unspecified atom stereocenters. The zero-order valence-electron chi connectivity index (χ0n) is 26.2. The summed E-state index contributed by atoms with van der Waals surface area (Å²) in [5, 5.41) is 1.76. The van der Waals surface area contributed by atoms with Gasteiger partial charge in [0.05, 0.1) is 22.2 Å². The average Bonchev–Trinajstić information content (AvgIpc) is 3.73. The number of benzene rings is 4. The Kier molecular flexibility index (Phi) is 9.19. The Morgan fingerprint density at radius 1 is 0.680 bits per heavy atom. The first-order valence-electron chi connectivity index (χ1n) is 15.6. The van der Waals surface area contributed by atoms with E-state index in [0.29, 0.717) is 11.1 Å². The number of carbonyl (C=O) groups is 3. The van der Waals surface area contributed by atoms with Crippen LogP contribution < -0.4 is 11.2 Å². The summed E-state index contributed by atoms with van der Waals surface area (Å²) in [6.45, 7) is -0.470. The second-order valence-electron chi connectivity index (χ2n) is 11.3. The van der Waals surface area contributed by atoms with Crippen molar-refractivity contribution in [3.05, 3.63) is 164 Å². The van der Waals surface area contributed by atoms with Gasteiger partial charge in [0.25, 0.3) is 5.56 Å². The Labute approximate surface area is 288 Å². The van der Waals surface area contributed by atoms with Gasteiger partial charge in [-0.15, -0.1) is 11.3 Å². The second kappa shape index (κ2) is 14.2. The fourth-order valence-corrected chi connectivity index (χ4v) is 6.70. The van der Waals surface area contributed by atoms with E-state index < -0.39 is 60.3 Å². The topological polar surface area (TPSA) is 143 Å². The fourth-order valence-electron chi connectivity index (χ4n) is 5.73. The molecule has 3 heterocycles. The largest absolute Gasteiger partial charge is 0.459 e. The van der Waals surface area contributed by atoms with Crippen molar-refractivity contribution in [3.63, 3.8) is 0 Å². The fraction of sp³-hybridized carbons (Fsp3) is 0.132. The number of nitrogens with zero attached hydrogens (tertiary/aromatic N) is 1. The van der Waals surface area contributed by atoms with E-state index in [1.807, 2.05) is 30.3 Å². The number of rotatable bonds is 9. The third-order valence-corrected chi connectivity index (χ3v) is 9.14. The number of esters is 3. The number of carbonyl (C=O) groups excluding carboxylic acids is 3. The molecule has 1 aliphatic rings. The van der Waals surface area contributed by atoms with E-state index in [0.717, 1.165) is 21.5 Å². The van der Waals surface area contributed by atoms with Gasteiger partial charge in [-0.1, -0.05) is 84.9 Å². The van der Waals surface area contributed by atoms with Gasteiger partial charge in [0.2, 0.25) is 0 Å². The smallest absolute Gasteiger partial charge is 0.338 e. The molecule has 7 rings (SSSR count). The molecule has 250 valence electrons. The third-order valence-electron chi connectivity index (χ3n) is 8.17. The first-order valence-corrected chi connectivity index (χ1v) is 16.5. The van der Waals surface area contributed by atoms with E-state index in [-0.39, 0.29) is 21.4 Å². The molecular formula is C38H28N2O9S. The van der Waals surface area contributed by atoms with Crippen molar-refractivity contribution < 1.29 is 33.3 Å². The number of hydrogen-bond donors (Lipinski definition) is 1. The molecule has 12 heteroatoms. The van der Waals surface area contributed by atoms with E-state index in [9.17, 15) is 24.0 Å². The third kappa shape index (κ3) is 6.49. The monoisotopic (exact) mass is 688 g/mol. The molecule has 1 saturated heterocycles. The zero-order valence-corrected chi connectivity index (χ0v) is 27.0. The lowest BCUT2D eigenvalue weighted by atomic mass is 10.1. The van der Waals surface area contributed by atoms with Crippen LogP contribution in [0.2, 0.25) is 0 Å². The summed E-state index contributed by atoms with van der Waals surface area (Å²) >= 11 is 1.13. The summed E-state index contributed by atoms with van der Waals surface area (Å²) in [4.78, 5) is 70.6. The molecule has 4 atom stereocenters. The standard InChI is InChI=1S/C38H28N2O9S/c41-33-32-29(27(22-50-32)23-13-5-1-6-14-23)39-38(45)40(33)34-31(49-37(44)26-19-11-4-12-20-26)30(48-36(43)25-17-9-3-10-18-25)28(47-34)21-46-35(42)24-15-7-2-8-16-24/h1-20,22,28,30-31,34H,21H2,(H,39,45)/t28-,30-,31-,34-/m1/s1. The van der Waals surface area contributed by atoms with Crippen LogP contribution in [0, 0.1) is 0 Å². The number of thiophene rings is 1. The van der Waals surface area contributed by atoms with Crippen LogP contribution in [-0.4, -0.2) is 52.4 Å². The van der Waals surface area contributed by atoms with Crippen molar-refractivity contribution in [2.75, 3.05) is 6.61 Å². The Morgan fingerprint density at radius 2 is 1.18 bits per heavy atom. The molecule has 50 heavy (non-hydrogen) atoms. The number of nitrogens with one attached hydrogen (secondary N) is 1. The zero-order chi connectivity index (χ0) is 34.6. The minimum Gasteiger partial charge on any atom is -0.459 e. The first kappa shape index (κ1) is 32.4. The number of aromatic amines is 1. The molecule has 0 radical (unpaired) electrons. The van der Waals surface area contributed by atoms with Gasteiger partial charge >= 0.3 is 23.6 Å². The lowest BCUT2D eigenvalue weighted by molar-refractivity contribution is -0.0650. The number of hydrogen-bond acceptors (Lipinski definition) is 10. The molecular weight excluding hydrogens is 660 g/mol. The van der Waals surface area contributed by atoms with Crippen molar-refractivity contribution in [1.82, 2.24) is 9.55 Å². The molecule has 1 N–H and O–H groups in total. The Hall–Kier alpha value is -6.11. The Balaban J connectivity index is 1.31. The van der Waals surface area contributed by atoms with Gasteiger partial charge in [0.15, 0.2) is 18.4 Å². The average molecular weight is 689 g/mol. The highest BCUT2D eigenvalue weighted by molar-refractivity contribution is 7.17. The van der Waals surface area contributed by atoms with Crippen molar-refractivity contribution in [1.29, 1.82) is 0 Å². The van der Waals surface area contributed by atoms with E-state index in [1.54, 1.807) is 72.1 Å². The van der Waals surface area contributed by atoms with Crippen molar-refractivity contribution in [2.45, 2.75) is 24.5 Å². The molecule has 0 bridgehead atoms. The van der Waals surface area contributed by atoms with Crippen molar-refractivity contribution in [2.24, 2.45) is 0 Å². The summed E-state index contributed by atoms with van der Waals surface area (Å²) in [6.07, 6.45) is -5.80. The SMILES string of the molecule is O=C(OC[C@H]1O[C@@H](n2c(=O)[nH]c3c(-c4ccccc4)csc3c2=O)[C@H](OC(=O)c2ccccc2)[C@@H]1OC(=O)c1ccccc1)c1ccccc1. The molecule has 0 saturated carbocycles. The summed E-state index contributed by atoms with van der Waals surface area (Å²) in [7, 11) is 0. The molecule has 4 aromatic carbocycles. The van der Waals surface area contributed by atoms with Crippen LogP contribution in [0.1, 0.15) is 37.3 Å². The molecule has 1 aliphatic heterocycles. The Morgan fingerprint density at radius 3 is 1.74 bits per heavy atom. The van der Waals surface area contributed by atoms with Crippen molar-refractivity contribution in [3.8, 4) is 11.1 Å². The van der Waals surface area contributed by atoms with Crippen LogP contribution in [0.5, 0.6) is 0 Å². The van der Waals surface area contributed by atoms with Crippen molar-refractivity contribution >= 4 is 39.5 Å². The quantitative estimate of drug-likeness (QED) is 0.151. The van der Waals surface area contributed by atoms with Gasteiger partial charge < -0.3 is 23.9 Å². The predicted octanol–water partition coefficient (Wildman–Crippen LogP) is 5.62. The molecule has 1 fully saturated rings.